The lowest BCUT2D eigenvalue weighted by atomic mass is 9.98. The fraction of sp³-hybridized carbons (Fsp3) is 0.375. The summed E-state index contributed by atoms with van der Waals surface area (Å²) >= 11 is 0. The first kappa shape index (κ1) is 11.5. The molecule has 1 aromatic heterocycles. The number of aromatic nitrogens is 1. The van der Waals surface area contributed by atoms with Gasteiger partial charge in [0.1, 0.15) is 5.69 Å². The highest BCUT2D eigenvalue weighted by Gasteiger charge is 2.31. The lowest BCUT2D eigenvalue weighted by Gasteiger charge is -2.20. The van der Waals surface area contributed by atoms with Crippen molar-refractivity contribution in [1.82, 2.24) is 4.98 Å². The van der Waals surface area contributed by atoms with E-state index < -0.39 is 28.7 Å². The number of rotatable bonds is 3. The largest absolute Gasteiger partial charge is 0.394 e. The Bertz CT molecular complexity index is 395. The first-order chi connectivity index (χ1) is 6.88. The van der Waals surface area contributed by atoms with Crippen molar-refractivity contribution in [2.45, 2.75) is 12.5 Å². The average molecular weight is 215 g/mol. The molecule has 3 N–H and O–H groups in total. The van der Waals surface area contributed by atoms with Crippen molar-refractivity contribution >= 4 is 5.69 Å². The molecular weight excluding hydrogens is 205 g/mol. The van der Waals surface area contributed by atoms with Crippen molar-refractivity contribution in [2.75, 3.05) is 6.61 Å². The van der Waals surface area contributed by atoms with Crippen LogP contribution in [0.1, 0.15) is 12.6 Å². The van der Waals surface area contributed by atoms with Crippen LogP contribution in [0.5, 0.6) is 0 Å². The van der Waals surface area contributed by atoms with Gasteiger partial charge in [0.25, 0.3) is 5.69 Å². The Morgan fingerprint density at radius 1 is 1.73 bits per heavy atom. The lowest BCUT2D eigenvalue weighted by Crippen LogP contribution is -2.38. The summed E-state index contributed by atoms with van der Waals surface area (Å²) in [7, 11) is 0. The summed E-state index contributed by atoms with van der Waals surface area (Å²) < 4.78 is 12.8. The second-order valence-electron chi connectivity index (χ2n) is 3.33. The molecule has 1 heterocycles. The Balaban J connectivity index is 3.37. The molecule has 0 fully saturated rings. The summed E-state index contributed by atoms with van der Waals surface area (Å²) in [5.41, 5.74) is 3.45. The third-order valence-electron chi connectivity index (χ3n) is 1.91. The molecule has 1 rings (SSSR count). The third-order valence-corrected chi connectivity index (χ3v) is 1.91. The summed E-state index contributed by atoms with van der Waals surface area (Å²) in [6.07, 6.45) is 0. The van der Waals surface area contributed by atoms with E-state index in [1.54, 1.807) is 0 Å². The number of halogens is 1. The molecule has 0 saturated heterocycles. The summed E-state index contributed by atoms with van der Waals surface area (Å²) in [6.45, 7) is 0.770. The molecule has 15 heavy (non-hydrogen) atoms. The van der Waals surface area contributed by atoms with E-state index in [1.807, 2.05) is 0 Å². The van der Waals surface area contributed by atoms with E-state index in [0.29, 0.717) is 0 Å². The van der Waals surface area contributed by atoms with Crippen LogP contribution in [0.15, 0.2) is 12.1 Å². The number of nitrogens with zero attached hydrogens (tertiary/aromatic N) is 2. The van der Waals surface area contributed by atoms with Crippen LogP contribution < -0.4 is 5.73 Å². The van der Waals surface area contributed by atoms with Crippen LogP contribution in [0.4, 0.5) is 10.1 Å². The number of hydrogen-bond acceptors (Lipinski definition) is 5. The van der Waals surface area contributed by atoms with Gasteiger partial charge in [-0.05, 0) is 6.92 Å². The van der Waals surface area contributed by atoms with Crippen LogP contribution in [0, 0.1) is 16.1 Å². The smallest absolute Gasteiger partial charge is 0.292 e. The molecule has 0 bridgehead atoms. The molecule has 0 spiro atoms. The zero-order valence-electron chi connectivity index (χ0n) is 7.98. The molecule has 0 saturated carbocycles. The van der Waals surface area contributed by atoms with Gasteiger partial charge in [-0.1, -0.05) is 0 Å². The van der Waals surface area contributed by atoms with Crippen molar-refractivity contribution < 1.29 is 14.4 Å². The monoisotopic (exact) mass is 215 g/mol. The molecule has 6 nitrogen and oxygen atoms in total. The van der Waals surface area contributed by atoms with Gasteiger partial charge >= 0.3 is 0 Å². The number of hydrogen-bond donors (Lipinski definition) is 2. The minimum absolute atomic E-state index is 0.269. The van der Waals surface area contributed by atoms with Crippen molar-refractivity contribution in [1.29, 1.82) is 0 Å². The zero-order valence-corrected chi connectivity index (χ0v) is 7.98. The first-order valence-corrected chi connectivity index (χ1v) is 4.09. The Morgan fingerprint density at radius 2 is 2.33 bits per heavy atom. The van der Waals surface area contributed by atoms with E-state index in [-0.39, 0.29) is 5.69 Å². The minimum atomic E-state index is -1.44. The molecule has 0 aliphatic carbocycles. The summed E-state index contributed by atoms with van der Waals surface area (Å²) in [4.78, 5) is 13.2. The normalized spacial score (nSPS) is 14.7. The van der Waals surface area contributed by atoms with Crippen molar-refractivity contribution in [3.63, 3.8) is 0 Å². The van der Waals surface area contributed by atoms with Crippen molar-refractivity contribution in [2.24, 2.45) is 5.73 Å². The molecule has 0 aliphatic heterocycles. The maximum Gasteiger partial charge on any atom is 0.292 e. The van der Waals surface area contributed by atoms with Gasteiger partial charge in [-0.3, -0.25) is 10.1 Å². The quantitative estimate of drug-likeness (QED) is 0.428. The highest BCUT2D eigenvalue weighted by Crippen LogP contribution is 2.25. The van der Waals surface area contributed by atoms with Crippen LogP contribution in [-0.4, -0.2) is 21.6 Å². The fourth-order valence-corrected chi connectivity index (χ4v) is 1.07. The molecule has 1 aromatic rings. The second-order valence-corrected chi connectivity index (χ2v) is 3.33. The van der Waals surface area contributed by atoms with Crippen molar-refractivity contribution in [3.8, 4) is 0 Å². The zero-order chi connectivity index (χ0) is 11.6. The van der Waals surface area contributed by atoms with Gasteiger partial charge in [-0.25, -0.2) is 4.98 Å². The van der Waals surface area contributed by atoms with Gasteiger partial charge in [0.15, 0.2) is 0 Å². The van der Waals surface area contributed by atoms with Gasteiger partial charge in [0.2, 0.25) is 5.95 Å². The van der Waals surface area contributed by atoms with Crippen molar-refractivity contribution in [3.05, 3.63) is 33.9 Å². The number of nitrogens with two attached hydrogens (primary N) is 1. The van der Waals surface area contributed by atoms with E-state index in [1.165, 1.54) is 6.92 Å². The number of aliphatic hydroxyl groups excluding tert-OH is 1. The van der Waals surface area contributed by atoms with Crippen LogP contribution in [-0.2, 0) is 5.54 Å². The standard InChI is InChI=1S/C8H10FN3O3/c1-8(10,4-13)7-5(12(14)15)2-3-6(9)11-7/h2-3,13H,4,10H2,1H3. The molecule has 7 heteroatoms. The molecular formula is C8H10FN3O3. The molecule has 0 radical (unpaired) electrons. The van der Waals surface area contributed by atoms with Gasteiger partial charge < -0.3 is 10.8 Å². The Morgan fingerprint density at radius 3 is 2.80 bits per heavy atom. The Hall–Kier alpha value is -1.60. The number of aliphatic hydroxyl groups is 1. The predicted octanol–water partition coefficient (Wildman–Crippen LogP) is 0.295. The molecule has 1 atom stereocenters. The van der Waals surface area contributed by atoms with Crippen LogP contribution in [0.3, 0.4) is 0 Å². The van der Waals surface area contributed by atoms with Crippen LogP contribution in [0.25, 0.3) is 0 Å². The number of pyridine rings is 1. The Kier molecular flexibility index (Phi) is 2.96. The fourth-order valence-electron chi connectivity index (χ4n) is 1.07. The average Bonchev–Trinajstić information content (AvgIpc) is 2.17. The second kappa shape index (κ2) is 3.87. The van der Waals surface area contributed by atoms with Gasteiger partial charge in [-0.15, -0.1) is 0 Å². The summed E-state index contributed by atoms with van der Waals surface area (Å²) in [5, 5.41) is 19.5. The number of nitro groups is 1. The minimum Gasteiger partial charge on any atom is -0.394 e. The molecule has 0 aromatic carbocycles. The Labute approximate surface area is 84.7 Å². The van der Waals surface area contributed by atoms with E-state index in [0.717, 1.165) is 12.1 Å². The van der Waals surface area contributed by atoms with E-state index in [9.17, 15) is 14.5 Å². The van der Waals surface area contributed by atoms with Gasteiger partial charge in [0.05, 0.1) is 17.1 Å². The molecule has 1 unspecified atom stereocenters. The molecule has 0 aliphatic rings. The van der Waals surface area contributed by atoms with Gasteiger partial charge in [-0.2, -0.15) is 4.39 Å². The van der Waals surface area contributed by atoms with E-state index >= 15 is 0 Å². The lowest BCUT2D eigenvalue weighted by molar-refractivity contribution is -0.386. The topological polar surface area (TPSA) is 102 Å². The van der Waals surface area contributed by atoms with Crippen LogP contribution >= 0.6 is 0 Å². The summed E-state index contributed by atoms with van der Waals surface area (Å²) in [5.74, 6) is -0.874. The maximum absolute atomic E-state index is 12.8. The maximum atomic E-state index is 12.8. The van der Waals surface area contributed by atoms with E-state index in [4.69, 9.17) is 10.8 Å². The van der Waals surface area contributed by atoms with Crippen LogP contribution in [0.2, 0.25) is 0 Å². The van der Waals surface area contributed by atoms with Gasteiger partial charge in [0, 0.05) is 12.1 Å². The molecule has 82 valence electrons. The highest BCUT2D eigenvalue weighted by molar-refractivity contribution is 5.39. The van der Waals surface area contributed by atoms with E-state index in [2.05, 4.69) is 4.98 Å². The third kappa shape index (κ3) is 2.25. The first-order valence-electron chi connectivity index (χ1n) is 4.09. The molecule has 0 amide bonds. The summed E-state index contributed by atoms with van der Waals surface area (Å²) in [6, 6.07) is 1.84. The highest BCUT2D eigenvalue weighted by atomic mass is 19.1. The SMILES string of the molecule is CC(N)(CO)c1nc(F)ccc1[N+](=O)[O-]. The predicted molar refractivity (Wildman–Crippen MR) is 49.5 cm³/mol.